The lowest BCUT2D eigenvalue weighted by Crippen LogP contribution is -2.58. The van der Waals surface area contributed by atoms with E-state index >= 15 is 0 Å². The smallest absolute Gasteiger partial charge is 0.327 e. The van der Waals surface area contributed by atoms with Crippen LogP contribution in [-0.4, -0.2) is 83.3 Å². The molecule has 1 atom stereocenters. The Hall–Kier alpha value is -1.72. The molecule has 11 heteroatoms. The Labute approximate surface area is 194 Å². The number of hydrogen-bond donors (Lipinski definition) is 1. The van der Waals surface area contributed by atoms with Crippen LogP contribution in [0.5, 0.6) is 0 Å². The minimum absolute atomic E-state index is 0.131. The Balaban J connectivity index is 2.16. The van der Waals surface area contributed by atoms with E-state index in [4.69, 9.17) is 4.74 Å². The molecule has 0 spiro atoms. The van der Waals surface area contributed by atoms with Gasteiger partial charge in [-0.2, -0.15) is 8.42 Å². The number of nitrogens with zero attached hydrogens (tertiary/aromatic N) is 2. The van der Waals surface area contributed by atoms with E-state index in [-0.39, 0.29) is 11.7 Å². The maximum Gasteiger partial charge on any atom is 0.327 e. The largest absolute Gasteiger partial charge is 0.361 e. The van der Waals surface area contributed by atoms with Gasteiger partial charge in [-0.25, -0.2) is 9.69 Å². The zero-order valence-corrected chi connectivity index (χ0v) is 23.0. The van der Waals surface area contributed by atoms with E-state index in [1.165, 1.54) is 6.92 Å². The molecule has 0 aliphatic carbocycles. The SMILES string of the molecule is CC1(C(N2CC=C(C#C[Si](C)(C)C)CC2)=S(=O)=O)NC(=O)N(COCC[Si](C)(C)C)C1=O. The van der Waals surface area contributed by atoms with E-state index in [9.17, 15) is 18.0 Å². The summed E-state index contributed by atoms with van der Waals surface area (Å²) in [6.45, 7) is 15.5. The van der Waals surface area contributed by atoms with Gasteiger partial charge in [0.1, 0.15) is 14.8 Å². The number of imide groups is 1. The first-order valence-electron chi connectivity index (χ1n) is 10.8. The quantitative estimate of drug-likeness (QED) is 0.199. The summed E-state index contributed by atoms with van der Waals surface area (Å²) in [6.07, 6.45) is 2.48. The molecule has 0 aromatic heterocycles. The van der Waals surface area contributed by atoms with E-state index in [1.54, 1.807) is 4.90 Å². The van der Waals surface area contributed by atoms with Crippen molar-refractivity contribution in [3.05, 3.63) is 11.6 Å². The van der Waals surface area contributed by atoms with Gasteiger partial charge in [0.15, 0.2) is 10.5 Å². The fraction of sp³-hybridized carbons (Fsp3) is 0.667. The lowest BCUT2D eigenvalue weighted by Gasteiger charge is -2.32. The third-order valence-electron chi connectivity index (χ3n) is 5.17. The molecule has 2 rings (SSSR count). The summed E-state index contributed by atoms with van der Waals surface area (Å²) in [5.41, 5.74) is 2.63. The molecule has 32 heavy (non-hydrogen) atoms. The van der Waals surface area contributed by atoms with Crippen LogP contribution in [0, 0.1) is 11.5 Å². The average Bonchev–Trinajstić information content (AvgIpc) is 2.86. The molecular formula is C21H35N3O5SSi2. The number of amides is 3. The zero-order chi connectivity index (χ0) is 24.3. The van der Waals surface area contributed by atoms with Gasteiger partial charge in [0.05, 0.1) is 0 Å². The molecule has 2 aliphatic rings. The van der Waals surface area contributed by atoms with Crippen LogP contribution in [0.15, 0.2) is 11.6 Å². The van der Waals surface area contributed by atoms with Gasteiger partial charge in [-0.15, -0.1) is 5.54 Å². The highest BCUT2D eigenvalue weighted by molar-refractivity contribution is 7.73. The first kappa shape index (κ1) is 26.5. The normalized spacial score (nSPS) is 22.2. The average molecular weight is 498 g/mol. The molecule has 8 nitrogen and oxygen atoms in total. The number of hydrogen-bond acceptors (Lipinski definition) is 5. The fourth-order valence-electron chi connectivity index (χ4n) is 3.32. The molecule has 0 aromatic rings. The molecule has 0 bridgehead atoms. The second-order valence-corrected chi connectivity index (χ2v) is 21.8. The Bertz CT molecular complexity index is 991. The van der Waals surface area contributed by atoms with Crippen LogP contribution >= 0.6 is 0 Å². The van der Waals surface area contributed by atoms with Crippen molar-refractivity contribution in [2.45, 2.75) is 64.2 Å². The van der Waals surface area contributed by atoms with Crippen molar-refractivity contribution in [3.8, 4) is 11.5 Å². The maximum absolute atomic E-state index is 13.1. The summed E-state index contributed by atoms with van der Waals surface area (Å²) in [4.78, 5) is 28.0. The van der Waals surface area contributed by atoms with Crippen molar-refractivity contribution in [1.82, 2.24) is 15.1 Å². The van der Waals surface area contributed by atoms with Gasteiger partial charge in [-0.1, -0.05) is 51.3 Å². The molecule has 0 saturated carbocycles. The van der Waals surface area contributed by atoms with Gasteiger partial charge in [0.25, 0.3) is 5.91 Å². The highest BCUT2D eigenvalue weighted by atomic mass is 32.2. The minimum Gasteiger partial charge on any atom is -0.361 e. The zero-order valence-electron chi connectivity index (χ0n) is 20.2. The number of nitrogens with one attached hydrogen (secondary N) is 1. The van der Waals surface area contributed by atoms with Crippen LogP contribution < -0.4 is 5.32 Å². The Morgan fingerprint density at radius 1 is 1.22 bits per heavy atom. The Morgan fingerprint density at radius 2 is 1.88 bits per heavy atom. The van der Waals surface area contributed by atoms with Crippen molar-refractivity contribution in [3.63, 3.8) is 0 Å². The summed E-state index contributed by atoms with van der Waals surface area (Å²) in [5, 5.41) is 2.57. The summed E-state index contributed by atoms with van der Waals surface area (Å²) < 4.78 is 29.9. The van der Waals surface area contributed by atoms with Crippen molar-refractivity contribution in [2.75, 3.05) is 26.4 Å². The molecule has 1 fully saturated rings. The molecule has 178 valence electrons. The predicted octanol–water partition coefficient (Wildman–Crippen LogP) is 2.13. The van der Waals surface area contributed by atoms with Crippen molar-refractivity contribution in [1.29, 1.82) is 0 Å². The van der Waals surface area contributed by atoms with E-state index in [1.807, 2.05) is 6.08 Å². The Kier molecular flexibility index (Phi) is 8.33. The lowest BCUT2D eigenvalue weighted by molar-refractivity contribution is -0.132. The lowest BCUT2D eigenvalue weighted by atomic mass is 9.99. The molecule has 2 aliphatic heterocycles. The van der Waals surface area contributed by atoms with Gasteiger partial charge in [-0.05, 0) is 19.4 Å². The van der Waals surface area contributed by atoms with Crippen LogP contribution in [0.2, 0.25) is 45.3 Å². The van der Waals surface area contributed by atoms with E-state index in [2.05, 4.69) is 56.1 Å². The van der Waals surface area contributed by atoms with Crippen molar-refractivity contribution < 1.29 is 22.7 Å². The fourth-order valence-corrected chi connectivity index (χ4v) is 5.46. The highest BCUT2D eigenvalue weighted by Crippen LogP contribution is 2.23. The molecule has 1 unspecified atom stereocenters. The van der Waals surface area contributed by atoms with E-state index in [0.717, 1.165) is 16.5 Å². The number of ether oxygens (including phenoxy) is 1. The van der Waals surface area contributed by atoms with E-state index < -0.39 is 43.9 Å². The molecule has 1 saturated heterocycles. The number of carbonyl (C=O) groups excluding carboxylic acids is 2. The van der Waals surface area contributed by atoms with Crippen LogP contribution in [0.4, 0.5) is 4.79 Å². The van der Waals surface area contributed by atoms with Gasteiger partial charge in [0, 0.05) is 33.3 Å². The summed E-state index contributed by atoms with van der Waals surface area (Å²) in [6, 6.07) is 0.251. The highest BCUT2D eigenvalue weighted by Gasteiger charge is 2.53. The second-order valence-electron chi connectivity index (χ2n) is 10.6. The van der Waals surface area contributed by atoms with Crippen LogP contribution in [0.3, 0.4) is 0 Å². The third-order valence-corrected chi connectivity index (χ3v) is 8.73. The number of urea groups is 1. The molecule has 0 radical (unpaired) electrons. The summed E-state index contributed by atoms with van der Waals surface area (Å²) in [5.74, 6) is 2.59. The standard InChI is InChI=1S/C21H35N3O5SSi2/c1-21(18(25)24(20(26)22-21)16-29-13-15-32(5,6)7)19(30(27)28)23-11-8-17(9-12-23)10-14-31(2,3)4/h8H,9,11-13,15-16H2,1-7H3,(H,22,26). The van der Waals surface area contributed by atoms with Crippen molar-refractivity contribution in [2.24, 2.45) is 0 Å². The summed E-state index contributed by atoms with van der Waals surface area (Å²) in [7, 11) is -5.51. The van der Waals surface area contributed by atoms with Crippen molar-refractivity contribution >= 4 is 43.4 Å². The monoisotopic (exact) mass is 497 g/mol. The van der Waals surface area contributed by atoms with Gasteiger partial charge in [0.2, 0.25) is 10.3 Å². The van der Waals surface area contributed by atoms with Gasteiger partial charge >= 0.3 is 6.03 Å². The molecular weight excluding hydrogens is 462 g/mol. The second kappa shape index (κ2) is 10.0. The summed E-state index contributed by atoms with van der Waals surface area (Å²) >= 11 is 0. The van der Waals surface area contributed by atoms with Gasteiger partial charge < -0.3 is 10.1 Å². The molecule has 2 heterocycles. The van der Waals surface area contributed by atoms with Crippen LogP contribution in [-0.2, 0) is 19.8 Å². The maximum atomic E-state index is 13.1. The van der Waals surface area contributed by atoms with E-state index in [0.29, 0.717) is 26.1 Å². The predicted molar refractivity (Wildman–Crippen MR) is 132 cm³/mol. The first-order chi connectivity index (χ1) is 14.6. The molecule has 1 N–H and O–H groups in total. The topological polar surface area (TPSA) is 96.0 Å². The molecule has 3 amide bonds. The number of carbonyl (C=O) groups is 2. The first-order valence-corrected chi connectivity index (χ1v) is 19.1. The molecule has 0 aromatic carbocycles. The number of rotatable bonds is 6. The van der Waals surface area contributed by atoms with Crippen LogP contribution in [0.1, 0.15) is 13.3 Å². The Morgan fingerprint density at radius 3 is 2.38 bits per heavy atom. The minimum atomic E-state index is -2.69. The van der Waals surface area contributed by atoms with Gasteiger partial charge in [-0.3, -0.25) is 9.69 Å². The third kappa shape index (κ3) is 6.89. The van der Waals surface area contributed by atoms with Crippen LogP contribution in [0.25, 0.3) is 0 Å².